The van der Waals surface area contributed by atoms with E-state index in [1.807, 2.05) is 19.1 Å². The van der Waals surface area contributed by atoms with Crippen molar-refractivity contribution in [2.75, 3.05) is 20.3 Å². The van der Waals surface area contributed by atoms with Gasteiger partial charge in [0.05, 0.1) is 20.3 Å². The van der Waals surface area contributed by atoms with Crippen molar-refractivity contribution in [3.05, 3.63) is 23.8 Å². The van der Waals surface area contributed by atoms with Gasteiger partial charge in [0.15, 0.2) is 11.5 Å². The van der Waals surface area contributed by atoms with Gasteiger partial charge in [0.1, 0.15) is 0 Å². The third-order valence-electron chi connectivity index (χ3n) is 2.18. The summed E-state index contributed by atoms with van der Waals surface area (Å²) in [5.41, 5.74) is 0.805. The number of hydrogen-bond acceptors (Lipinski definition) is 3. The van der Waals surface area contributed by atoms with Crippen LogP contribution in [-0.4, -0.2) is 26.7 Å². The number of alkyl halides is 2. The van der Waals surface area contributed by atoms with E-state index in [1.54, 1.807) is 6.07 Å². The number of ether oxygens (including phenoxy) is 2. The summed E-state index contributed by atoms with van der Waals surface area (Å²) in [4.78, 5) is 0. The molecule has 96 valence electrons. The molecule has 0 aliphatic carbocycles. The highest BCUT2D eigenvalue weighted by atomic mass is 19.3. The fourth-order valence-corrected chi connectivity index (χ4v) is 1.52. The summed E-state index contributed by atoms with van der Waals surface area (Å²) in [6.07, 6.45) is -2.35. The van der Waals surface area contributed by atoms with Crippen molar-refractivity contribution in [1.29, 1.82) is 0 Å². The van der Waals surface area contributed by atoms with E-state index in [0.717, 1.165) is 5.56 Å². The van der Waals surface area contributed by atoms with E-state index in [2.05, 4.69) is 5.32 Å². The Labute approximate surface area is 99.7 Å². The predicted molar refractivity (Wildman–Crippen MR) is 61.9 cm³/mol. The lowest BCUT2D eigenvalue weighted by Crippen LogP contribution is -2.21. The van der Waals surface area contributed by atoms with Crippen LogP contribution in [0.3, 0.4) is 0 Å². The van der Waals surface area contributed by atoms with Crippen LogP contribution >= 0.6 is 0 Å². The van der Waals surface area contributed by atoms with E-state index < -0.39 is 6.43 Å². The lowest BCUT2D eigenvalue weighted by atomic mass is 10.2. The molecule has 17 heavy (non-hydrogen) atoms. The second-order valence-electron chi connectivity index (χ2n) is 3.40. The van der Waals surface area contributed by atoms with Gasteiger partial charge in [0.2, 0.25) is 0 Å². The fraction of sp³-hybridized carbons (Fsp3) is 0.500. The van der Waals surface area contributed by atoms with E-state index >= 15 is 0 Å². The van der Waals surface area contributed by atoms with E-state index in [4.69, 9.17) is 9.47 Å². The monoisotopic (exact) mass is 245 g/mol. The zero-order valence-corrected chi connectivity index (χ0v) is 10.0. The maximum absolute atomic E-state index is 12.0. The first-order chi connectivity index (χ1) is 8.19. The number of methoxy groups -OCH3 is 1. The standard InChI is InChI=1S/C12H17F2NO2/c1-3-17-10-6-4-5-9(12(10)16-2)7-15-8-11(13)14/h4-6,11,15H,3,7-8H2,1-2H3. The Balaban J connectivity index is 2.73. The molecule has 0 amide bonds. The molecule has 0 unspecified atom stereocenters. The van der Waals surface area contributed by atoms with Gasteiger partial charge >= 0.3 is 0 Å². The Morgan fingerprint density at radius 2 is 2.12 bits per heavy atom. The van der Waals surface area contributed by atoms with Gasteiger partial charge in [0, 0.05) is 12.1 Å². The van der Waals surface area contributed by atoms with Crippen LogP contribution in [0.15, 0.2) is 18.2 Å². The topological polar surface area (TPSA) is 30.5 Å². The van der Waals surface area contributed by atoms with Gasteiger partial charge in [0.25, 0.3) is 6.43 Å². The highest BCUT2D eigenvalue weighted by Gasteiger charge is 2.10. The summed E-state index contributed by atoms with van der Waals surface area (Å²) in [7, 11) is 1.54. The number of para-hydroxylation sites is 1. The Kier molecular flexibility index (Phi) is 5.69. The molecule has 0 aromatic heterocycles. The number of benzene rings is 1. The van der Waals surface area contributed by atoms with Gasteiger partial charge in [-0.2, -0.15) is 0 Å². The summed E-state index contributed by atoms with van der Waals surface area (Å²) >= 11 is 0. The van der Waals surface area contributed by atoms with Crippen molar-refractivity contribution in [2.45, 2.75) is 19.9 Å². The van der Waals surface area contributed by atoms with Crippen molar-refractivity contribution >= 4 is 0 Å². The average molecular weight is 245 g/mol. The largest absolute Gasteiger partial charge is 0.493 e. The van der Waals surface area contributed by atoms with Gasteiger partial charge in [-0.25, -0.2) is 8.78 Å². The predicted octanol–water partition coefficient (Wildman–Crippen LogP) is 2.45. The number of hydrogen-bond donors (Lipinski definition) is 1. The van der Waals surface area contributed by atoms with Gasteiger partial charge < -0.3 is 14.8 Å². The molecule has 0 bridgehead atoms. The normalized spacial score (nSPS) is 10.6. The molecule has 0 radical (unpaired) electrons. The zero-order valence-electron chi connectivity index (χ0n) is 10.0. The van der Waals surface area contributed by atoms with Crippen LogP contribution in [0, 0.1) is 0 Å². The molecule has 0 heterocycles. The number of rotatable bonds is 7. The van der Waals surface area contributed by atoms with Crippen LogP contribution in [0.1, 0.15) is 12.5 Å². The van der Waals surface area contributed by atoms with Gasteiger partial charge in [-0.05, 0) is 13.0 Å². The van der Waals surface area contributed by atoms with Gasteiger partial charge in [-0.1, -0.05) is 12.1 Å². The third-order valence-corrected chi connectivity index (χ3v) is 2.18. The molecule has 0 aliphatic heterocycles. The summed E-state index contributed by atoms with van der Waals surface area (Å²) in [5, 5.41) is 2.66. The van der Waals surface area contributed by atoms with Crippen molar-refractivity contribution in [3.63, 3.8) is 0 Å². The molecular formula is C12H17F2NO2. The minimum Gasteiger partial charge on any atom is -0.493 e. The Hall–Kier alpha value is -1.36. The molecular weight excluding hydrogens is 228 g/mol. The quantitative estimate of drug-likeness (QED) is 0.800. The van der Waals surface area contributed by atoms with Crippen LogP contribution in [-0.2, 0) is 6.54 Å². The minimum atomic E-state index is -2.35. The SMILES string of the molecule is CCOc1cccc(CNCC(F)F)c1OC. The smallest absolute Gasteiger partial charge is 0.250 e. The summed E-state index contributed by atoms with van der Waals surface area (Å²) < 4.78 is 34.6. The minimum absolute atomic E-state index is 0.328. The lowest BCUT2D eigenvalue weighted by molar-refractivity contribution is 0.145. The number of nitrogens with one attached hydrogen (secondary N) is 1. The van der Waals surface area contributed by atoms with E-state index in [0.29, 0.717) is 24.7 Å². The van der Waals surface area contributed by atoms with Crippen LogP contribution in [0.25, 0.3) is 0 Å². The first-order valence-electron chi connectivity index (χ1n) is 5.46. The van der Waals surface area contributed by atoms with Crippen molar-refractivity contribution in [2.24, 2.45) is 0 Å². The Morgan fingerprint density at radius 3 is 2.71 bits per heavy atom. The van der Waals surface area contributed by atoms with Crippen LogP contribution < -0.4 is 14.8 Å². The molecule has 0 fully saturated rings. The molecule has 0 saturated heterocycles. The molecule has 3 nitrogen and oxygen atoms in total. The van der Waals surface area contributed by atoms with E-state index in [-0.39, 0.29) is 6.54 Å². The molecule has 0 saturated carbocycles. The molecule has 0 aliphatic rings. The molecule has 1 aromatic rings. The summed E-state index contributed by atoms with van der Waals surface area (Å²) in [5.74, 6) is 1.22. The van der Waals surface area contributed by atoms with Crippen molar-refractivity contribution < 1.29 is 18.3 Å². The van der Waals surface area contributed by atoms with Crippen molar-refractivity contribution in [3.8, 4) is 11.5 Å². The molecule has 5 heteroatoms. The van der Waals surface area contributed by atoms with Crippen LogP contribution in [0.2, 0.25) is 0 Å². The second-order valence-corrected chi connectivity index (χ2v) is 3.40. The van der Waals surface area contributed by atoms with Crippen LogP contribution in [0.4, 0.5) is 8.78 Å². The van der Waals surface area contributed by atoms with Crippen molar-refractivity contribution in [1.82, 2.24) is 5.32 Å². The second kappa shape index (κ2) is 7.06. The fourth-order valence-electron chi connectivity index (χ4n) is 1.52. The first-order valence-corrected chi connectivity index (χ1v) is 5.46. The number of halogens is 2. The maximum atomic E-state index is 12.0. The van der Waals surface area contributed by atoms with Gasteiger partial charge in [-0.3, -0.25) is 0 Å². The van der Waals surface area contributed by atoms with E-state index in [1.165, 1.54) is 7.11 Å². The van der Waals surface area contributed by atoms with Gasteiger partial charge in [-0.15, -0.1) is 0 Å². The van der Waals surface area contributed by atoms with E-state index in [9.17, 15) is 8.78 Å². The highest BCUT2D eigenvalue weighted by Crippen LogP contribution is 2.30. The lowest BCUT2D eigenvalue weighted by Gasteiger charge is -2.14. The van der Waals surface area contributed by atoms with Crippen LogP contribution in [0.5, 0.6) is 11.5 Å². The summed E-state index contributed by atoms with van der Waals surface area (Å²) in [6, 6.07) is 5.42. The Bertz CT molecular complexity index is 345. The molecule has 1 N–H and O–H groups in total. The average Bonchev–Trinajstić information content (AvgIpc) is 2.29. The maximum Gasteiger partial charge on any atom is 0.250 e. The first kappa shape index (κ1) is 13.7. The zero-order chi connectivity index (χ0) is 12.7. The molecule has 1 rings (SSSR count). The highest BCUT2D eigenvalue weighted by molar-refractivity contribution is 5.46. The molecule has 1 aromatic carbocycles. The molecule has 0 atom stereocenters. The Morgan fingerprint density at radius 1 is 1.35 bits per heavy atom. The summed E-state index contributed by atoms with van der Waals surface area (Å²) in [6.45, 7) is 2.40. The molecule has 0 spiro atoms. The third kappa shape index (κ3) is 4.19.